The molecule has 0 aliphatic heterocycles. The average Bonchev–Trinajstić information content (AvgIpc) is 2.49. The van der Waals surface area contributed by atoms with Gasteiger partial charge in [0.25, 0.3) is 0 Å². The van der Waals surface area contributed by atoms with E-state index in [1.807, 2.05) is 24.3 Å². The molecule has 0 fully saturated rings. The van der Waals surface area contributed by atoms with Gasteiger partial charge in [-0.15, -0.1) is 0 Å². The van der Waals surface area contributed by atoms with Crippen LogP contribution in [0.2, 0.25) is 0 Å². The minimum atomic E-state index is -0.116. The van der Waals surface area contributed by atoms with Gasteiger partial charge in [-0.05, 0) is 48.2 Å². The number of hydrogen-bond acceptors (Lipinski definition) is 3. The standard InChI is InChI=1S/C16H19BrN2O/c1-3-11-5-4-8-19-16(11)15(18)10-12-9-13(20-2)6-7-14(12)17/h4-9,15H,3,10,18H2,1-2H3. The number of hydrogen-bond donors (Lipinski definition) is 1. The summed E-state index contributed by atoms with van der Waals surface area (Å²) >= 11 is 3.56. The van der Waals surface area contributed by atoms with Crippen LogP contribution in [-0.4, -0.2) is 12.1 Å². The highest BCUT2D eigenvalue weighted by Crippen LogP contribution is 2.27. The minimum Gasteiger partial charge on any atom is -0.497 e. The number of pyridine rings is 1. The molecule has 20 heavy (non-hydrogen) atoms. The second-order valence-electron chi connectivity index (χ2n) is 4.67. The first kappa shape index (κ1) is 15.0. The summed E-state index contributed by atoms with van der Waals surface area (Å²) < 4.78 is 6.31. The van der Waals surface area contributed by atoms with Crippen LogP contribution < -0.4 is 10.5 Å². The van der Waals surface area contributed by atoms with E-state index in [0.29, 0.717) is 0 Å². The average molecular weight is 335 g/mol. The van der Waals surface area contributed by atoms with Crippen molar-refractivity contribution < 1.29 is 4.74 Å². The highest BCUT2D eigenvalue weighted by molar-refractivity contribution is 9.10. The second-order valence-corrected chi connectivity index (χ2v) is 5.52. The molecule has 2 N–H and O–H groups in total. The monoisotopic (exact) mass is 334 g/mol. The lowest BCUT2D eigenvalue weighted by atomic mass is 9.99. The fraction of sp³-hybridized carbons (Fsp3) is 0.312. The van der Waals surface area contributed by atoms with Gasteiger partial charge in [-0.3, -0.25) is 4.98 Å². The zero-order valence-corrected chi connectivity index (χ0v) is 13.4. The van der Waals surface area contributed by atoms with Gasteiger partial charge in [-0.1, -0.05) is 28.9 Å². The molecule has 0 radical (unpaired) electrons. The van der Waals surface area contributed by atoms with E-state index in [0.717, 1.165) is 34.3 Å². The number of aromatic nitrogens is 1. The third-order valence-corrected chi connectivity index (χ3v) is 4.12. The summed E-state index contributed by atoms with van der Waals surface area (Å²) in [5, 5.41) is 0. The van der Waals surface area contributed by atoms with Gasteiger partial charge in [0.2, 0.25) is 0 Å². The van der Waals surface area contributed by atoms with Crippen molar-refractivity contribution in [2.45, 2.75) is 25.8 Å². The first-order chi connectivity index (χ1) is 9.65. The molecule has 1 aromatic heterocycles. The number of nitrogens with two attached hydrogens (primary N) is 1. The first-order valence-electron chi connectivity index (χ1n) is 6.67. The molecular weight excluding hydrogens is 316 g/mol. The van der Waals surface area contributed by atoms with E-state index < -0.39 is 0 Å². The van der Waals surface area contributed by atoms with Crippen LogP contribution in [0.1, 0.15) is 29.8 Å². The number of aryl methyl sites for hydroxylation is 1. The molecule has 1 aromatic carbocycles. The van der Waals surface area contributed by atoms with E-state index in [1.165, 1.54) is 5.56 Å². The Morgan fingerprint density at radius 2 is 2.10 bits per heavy atom. The van der Waals surface area contributed by atoms with Gasteiger partial charge in [-0.25, -0.2) is 0 Å². The lowest BCUT2D eigenvalue weighted by Gasteiger charge is -2.16. The molecular formula is C16H19BrN2O. The van der Waals surface area contributed by atoms with E-state index in [-0.39, 0.29) is 6.04 Å². The van der Waals surface area contributed by atoms with E-state index >= 15 is 0 Å². The van der Waals surface area contributed by atoms with Crippen LogP contribution in [0.15, 0.2) is 41.0 Å². The van der Waals surface area contributed by atoms with Crippen molar-refractivity contribution in [3.05, 3.63) is 57.8 Å². The Morgan fingerprint density at radius 1 is 1.30 bits per heavy atom. The van der Waals surface area contributed by atoms with E-state index in [2.05, 4.69) is 33.9 Å². The summed E-state index contributed by atoms with van der Waals surface area (Å²) in [4.78, 5) is 4.45. The quantitative estimate of drug-likeness (QED) is 0.907. The Bertz CT molecular complexity index is 586. The van der Waals surface area contributed by atoms with Crippen molar-refractivity contribution in [2.24, 2.45) is 5.73 Å². The molecule has 1 heterocycles. The molecule has 4 heteroatoms. The maximum absolute atomic E-state index is 6.34. The number of benzene rings is 1. The number of halogens is 1. The van der Waals surface area contributed by atoms with Gasteiger partial charge < -0.3 is 10.5 Å². The lowest BCUT2D eigenvalue weighted by Crippen LogP contribution is -2.17. The first-order valence-corrected chi connectivity index (χ1v) is 7.46. The van der Waals surface area contributed by atoms with Crippen molar-refractivity contribution >= 4 is 15.9 Å². The van der Waals surface area contributed by atoms with Crippen LogP contribution >= 0.6 is 15.9 Å². The largest absolute Gasteiger partial charge is 0.497 e. The van der Waals surface area contributed by atoms with Crippen LogP contribution in [0.4, 0.5) is 0 Å². The van der Waals surface area contributed by atoms with Crippen molar-refractivity contribution in [2.75, 3.05) is 7.11 Å². The van der Waals surface area contributed by atoms with Crippen LogP contribution in [0.25, 0.3) is 0 Å². The van der Waals surface area contributed by atoms with Crippen molar-refractivity contribution in [3.63, 3.8) is 0 Å². The van der Waals surface area contributed by atoms with E-state index in [1.54, 1.807) is 13.3 Å². The zero-order valence-electron chi connectivity index (χ0n) is 11.8. The number of methoxy groups -OCH3 is 1. The summed E-state index contributed by atoms with van der Waals surface area (Å²) in [6.45, 7) is 2.12. The third kappa shape index (κ3) is 3.38. The molecule has 0 amide bonds. The summed E-state index contributed by atoms with van der Waals surface area (Å²) in [6, 6.07) is 9.85. The molecule has 1 unspecified atom stereocenters. The number of nitrogens with zero attached hydrogens (tertiary/aromatic N) is 1. The number of ether oxygens (including phenoxy) is 1. The Hall–Kier alpha value is -1.39. The van der Waals surface area contributed by atoms with E-state index in [4.69, 9.17) is 10.5 Å². The predicted octanol–water partition coefficient (Wildman–Crippen LogP) is 3.66. The Kier molecular flexibility index (Phi) is 5.15. The SMILES string of the molecule is CCc1cccnc1C(N)Cc1cc(OC)ccc1Br. The fourth-order valence-corrected chi connectivity index (χ4v) is 2.66. The van der Waals surface area contributed by atoms with Crippen LogP contribution in [0.5, 0.6) is 5.75 Å². The molecule has 2 aromatic rings. The molecule has 0 spiro atoms. The second kappa shape index (κ2) is 6.86. The number of rotatable bonds is 5. The molecule has 0 aliphatic rings. The Labute approximate surface area is 128 Å². The maximum Gasteiger partial charge on any atom is 0.119 e. The smallest absolute Gasteiger partial charge is 0.119 e. The van der Waals surface area contributed by atoms with Crippen LogP contribution in [0, 0.1) is 0 Å². The van der Waals surface area contributed by atoms with Gasteiger partial charge in [0, 0.05) is 10.7 Å². The predicted molar refractivity (Wildman–Crippen MR) is 84.9 cm³/mol. The Morgan fingerprint density at radius 3 is 2.80 bits per heavy atom. The molecule has 0 saturated heterocycles. The summed E-state index contributed by atoms with van der Waals surface area (Å²) in [7, 11) is 1.67. The van der Waals surface area contributed by atoms with Crippen molar-refractivity contribution in [3.8, 4) is 5.75 Å². The molecule has 2 rings (SSSR count). The Balaban J connectivity index is 2.25. The molecule has 1 atom stereocenters. The fourth-order valence-electron chi connectivity index (χ4n) is 2.25. The van der Waals surface area contributed by atoms with Crippen molar-refractivity contribution in [1.82, 2.24) is 4.98 Å². The highest BCUT2D eigenvalue weighted by atomic mass is 79.9. The van der Waals surface area contributed by atoms with Gasteiger partial charge in [0.1, 0.15) is 5.75 Å². The molecule has 0 aliphatic carbocycles. The van der Waals surface area contributed by atoms with E-state index in [9.17, 15) is 0 Å². The van der Waals surface area contributed by atoms with Gasteiger partial charge >= 0.3 is 0 Å². The van der Waals surface area contributed by atoms with Gasteiger partial charge in [-0.2, -0.15) is 0 Å². The topological polar surface area (TPSA) is 48.1 Å². The molecule has 0 bridgehead atoms. The summed E-state index contributed by atoms with van der Waals surface area (Å²) in [5.41, 5.74) is 9.65. The lowest BCUT2D eigenvalue weighted by molar-refractivity contribution is 0.414. The van der Waals surface area contributed by atoms with Crippen LogP contribution in [-0.2, 0) is 12.8 Å². The third-order valence-electron chi connectivity index (χ3n) is 3.35. The minimum absolute atomic E-state index is 0.116. The molecule has 0 saturated carbocycles. The van der Waals surface area contributed by atoms with Crippen LogP contribution in [0.3, 0.4) is 0 Å². The van der Waals surface area contributed by atoms with Gasteiger partial charge in [0.05, 0.1) is 18.8 Å². The maximum atomic E-state index is 6.34. The summed E-state index contributed by atoms with van der Waals surface area (Å²) in [6.07, 6.45) is 3.47. The highest BCUT2D eigenvalue weighted by Gasteiger charge is 2.14. The normalized spacial score (nSPS) is 12.2. The zero-order chi connectivity index (χ0) is 14.5. The van der Waals surface area contributed by atoms with Gasteiger partial charge in [0.15, 0.2) is 0 Å². The molecule has 3 nitrogen and oxygen atoms in total. The summed E-state index contributed by atoms with van der Waals surface area (Å²) in [5.74, 6) is 0.840. The van der Waals surface area contributed by atoms with Crippen molar-refractivity contribution in [1.29, 1.82) is 0 Å². The molecule has 106 valence electrons.